The van der Waals surface area contributed by atoms with E-state index in [1.165, 1.54) is 21.2 Å². The van der Waals surface area contributed by atoms with Gasteiger partial charge in [0.05, 0.1) is 0 Å². The molecule has 0 radical (unpaired) electrons. The molecule has 2 aromatic carbocycles. The SMILES string of the molecule is Cc1ccc([Cl+]c2ccc(C)cc2)cc1.F[B-](F)(F)F. The molecule has 0 aliphatic rings. The van der Waals surface area contributed by atoms with Crippen molar-refractivity contribution in [2.24, 2.45) is 0 Å². The normalized spacial score (nSPS) is 10.7. The molecule has 0 atom stereocenters. The maximum atomic E-state index is 9.75. The first-order chi connectivity index (χ1) is 9.24. The van der Waals surface area contributed by atoms with Gasteiger partial charge in [0.1, 0.15) is 0 Å². The summed E-state index contributed by atoms with van der Waals surface area (Å²) in [4.78, 5) is 0. The summed E-state index contributed by atoms with van der Waals surface area (Å²) in [6.45, 7) is 4.21. The third-order valence-corrected chi connectivity index (χ3v) is 3.18. The molecule has 0 fully saturated rings. The Morgan fingerprint density at radius 3 is 1.15 bits per heavy atom. The third kappa shape index (κ3) is 7.84. The molecular weight excluding hydrogens is 290 g/mol. The number of halogens is 5. The largest absolute Gasteiger partial charge is 0.673 e. The highest BCUT2D eigenvalue weighted by molar-refractivity contribution is 6.50. The van der Waals surface area contributed by atoms with Crippen LogP contribution in [0, 0.1) is 24.6 Å². The molecule has 0 unspecified atom stereocenters. The second-order valence-electron chi connectivity index (χ2n) is 4.18. The van der Waals surface area contributed by atoms with Crippen LogP contribution in [0.4, 0.5) is 17.3 Å². The van der Waals surface area contributed by atoms with Gasteiger partial charge in [-0.25, -0.2) is 0 Å². The van der Waals surface area contributed by atoms with E-state index in [4.69, 9.17) is 0 Å². The van der Waals surface area contributed by atoms with Crippen molar-refractivity contribution in [2.75, 3.05) is 0 Å². The van der Waals surface area contributed by atoms with Crippen LogP contribution in [0.5, 0.6) is 0 Å². The van der Waals surface area contributed by atoms with Crippen LogP contribution < -0.4 is 0 Å². The van der Waals surface area contributed by atoms with E-state index >= 15 is 0 Å². The second-order valence-corrected chi connectivity index (χ2v) is 5.24. The quantitative estimate of drug-likeness (QED) is 0.527. The smallest absolute Gasteiger partial charge is 0.418 e. The highest BCUT2D eigenvalue weighted by Gasteiger charge is 2.20. The van der Waals surface area contributed by atoms with Crippen LogP contribution >= 0.6 is 0 Å². The molecule has 0 spiro atoms. The minimum Gasteiger partial charge on any atom is -0.418 e. The van der Waals surface area contributed by atoms with E-state index in [2.05, 4.69) is 73.2 Å². The third-order valence-electron chi connectivity index (χ3n) is 2.24. The number of hydrogen-bond acceptors (Lipinski definition) is 0. The van der Waals surface area contributed by atoms with Crippen molar-refractivity contribution in [3.05, 3.63) is 69.7 Å². The van der Waals surface area contributed by atoms with Crippen molar-refractivity contribution in [2.45, 2.75) is 13.8 Å². The molecule has 0 amide bonds. The highest BCUT2D eigenvalue weighted by atomic mass is 35.5. The Hall–Kier alpha value is -1.49. The Morgan fingerprint density at radius 1 is 0.650 bits per heavy atom. The molecule has 20 heavy (non-hydrogen) atoms. The van der Waals surface area contributed by atoms with Gasteiger partial charge in [0.15, 0.2) is 0 Å². The van der Waals surface area contributed by atoms with E-state index in [1.807, 2.05) is 0 Å². The van der Waals surface area contributed by atoms with Gasteiger partial charge < -0.3 is 17.3 Å². The van der Waals surface area contributed by atoms with E-state index in [9.17, 15) is 17.3 Å². The van der Waals surface area contributed by atoms with E-state index < -0.39 is 7.25 Å². The lowest BCUT2D eigenvalue weighted by Gasteiger charge is -1.94. The van der Waals surface area contributed by atoms with Crippen molar-refractivity contribution >= 4 is 7.25 Å². The molecule has 0 aliphatic heterocycles. The van der Waals surface area contributed by atoms with Crippen LogP contribution in [-0.2, 0) is 0 Å². The van der Waals surface area contributed by atoms with Crippen molar-refractivity contribution in [1.29, 1.82) is 0 Å². The molecule has 0 bridgehead atoms. The summed E-state index contributed by atoms with van der Waals surface area (Å²) in [6, 6.07) is 17.1. The standard InChI is InChI=1S/C14H14Cl.BF4/c1-11-3-7-13(8-4-11)15-14-9-5-12(2)6-10-14;2-1(3,4)5/h3-10H,1-2H3;/q+1;-1. The molecule has 0 aliphatic carbocycles. The summed E-state index contributed by atoms with van der Waals surface area (Å²) in [6.07, 6.45) is 0. The van der Waals surface area contributed by atoms with E-state index in [-0.39, 0.29) is 0 Å². The van der Waals surface area contributed by atoms with Gasteiger partial charge in [-0.05, 0) is 13.8 Å². The van der Waals surface area contributed by atoms with Crippen LogP contribution in [0.25, 0.3) is 0 Å². The van der Waals surface area contributed by atoms with Crippen LogP contribution in [0.1, 0.15) is 11.1 Å². The van der Waals surface area contributed by atoms with E-state index in [1.54, 1.807) is 0 Å². The molecular formula is C14H14BClF4. The van der Waals surface area contributed by atoms with Gasteiger partial charge in [0.2, 0.25) is 20.8 Å². The predicted molar refractivity (Wildman–Crippen MR) is 70.9 cm³/mol. The Balaban J connectivity index is 0.000000347. The Kier molecular flexibility index (Phi) is 6.08. The summed E-state index contributed by atoms with van der Waals surface area (Å²) in [5.74, 6) is 0. The first kappa shape index (κ1) is 16.6. The molecule has 0 nitrogen and oxygen atoms in total. The summed E-state index contributed by atoms with van der Waals surface area (Å²) >= 11 is 0. The number of benzene rings is 2. The lowest BCUT2D eigenvalue weighted by atomic mass is 10.2. The molecule has 2 aromatic rings. The molecule has 108 valence electrons. The summed E-state index contributed by atoms with van der Waals surface area (Å²) in [5.41, 5.74) is 2.60. The number of aryl methyl sites for hydroxylation is 2. The zero-order chi connectivity index (χ0) is 15.2. The fourth-order valence-electron chi connectivity index (χ4n) is 1.32. The van der Waals surface area contributed by atoms with Gasteiger partial charge in [-0.2, -0.15) is 0 Å². The Morgan fingerprint density at radius 2 is 0.900 bits per heavy atom. The minimum atomic E-state index is -6.00. The van der Waals surface area contributed by atoms with Crippen LogP contribution in [0.3, 0.4) is 0 Å². The van der Waals surface area contributed by atoms with Gasteiger partial charge >= 0.3 is 7.25 Å². The molecule has 0 saturated carbocycles. The summed E-state index contributed by atoms with van der Waals surface area (Å²) in [5, 5.41) is 2.48. The van der Waals surface area contributed by atoms with Gasteiger partial charge in [-0.1, -0.05) is 35.4 Å². The monoisotopic (exact) mass is 304 g/mol. The minimum absolute atomic E-state index is 1.24. The summed E-state index contributed by atoms with van der Waals surface area (Å²) in [7, 11) is -3.68. The first-order valence-corrected chi connectivity index (χ1v) is 6.65. The Bertz CT molecular complexity index is 471. The van der Waals surface area contributed by atoms with Gasteiger partial charge in [-0.3, -0.25) is 0 Å². The van der Waals surface area contributed by atoms with Crippen molar-refractivity contribution in [3.63, 3.8) is 0 Å². The fraction of sp³-hybridized carbons (Fsp3) is 0.143. The highest BCUT2D eigenvalue weighted by Crippen LogP contribution is 2.15. The topological polar surface area (TPSA) is 0 Å². The van der Waals surface area contributed by atoms with Gasteiger partial charge in [0.25, 0.3) is 0 Å². The summed E-state index contributed by atoms with van der Waals surface area (Å²) < 4.78 is 39.0. The van der Waals surface area contributed by atoms with Crippen LogP contribution in [-0.4, -0.2) is 7.25 Å². The fourth-order valence-corrected chi connectivity index (χ4v) is 2.07. The van der Waals surface area contributed by atoms with Crippen LogP contribution in [0.15, 0.2) is 48.5 Å². The van der Waals surface area contributed by atoms with Crippen molar-refractivity contribution in [3.8, 4) is 0 Å². The number of hydrogen-bond donors (Lipinski definition) is 0. The first-order valence-electron chi connectivity index (χ1n) is 5.89. The molecule has 0 aromatic heterocycles. The van der Waals surface area contributed by atoms with Crippen molar-refractivity contribution < 1.29 is 28.1 Å². The maximum absolute atomic E-state index is 9.75. The molecule has 0 N–H and O–H groups in total. The molecule has 0 heterocycles. The molecule has 0 saturated heterocycles. The zero-order valence-electron chi connectivity index (χ0n) is 11.1. The lowest BCUT2D eigenvalue weighted by molar-refractivity contribution is -0.535. The van der Waals surface area contributed by atoms with Gasteiger partial charge in [-0.15, -0.1) is 0 Å². The Labute approximate surface area is 119 Å². The van der Waals surface area contributed by atoms with Crippen LogP contribution in [0.2, 0.25) is 10.0 Å². The van der Waals surface area contributed by atoms with E-state index in [0.29, 0.717) is 0 Å². The average Bonchev–Trinajstić information content (AvgIpc) is 2.33. The maximum Gasteiger partial charge on any atom is 0.673 e. The van der Waals surface area contributed by atoms with Crippen molar-refractivity contribution in [1.82, 2.24) is 0 Å². The van der Waals surface area contributed by atoms with E-state index in [0.717, 1.165) is 0 Å². The number of rotatable bonds is 2. The second kappa shape index (κ2) is 7.34. The predicted octanol–water partition coefficient (Wildman–Crippen LogP) is 5.22. The molecule has 2 rings (SSSR count). The lowest BCUT2D eigenvalue weighted by Crippen LogP contribution is -2.02. The molecule has 6 heteroatoms. The van der Waals surface area contributed by atoms with Gasteiger partial charge in [0, 0.05) is 24.3 Å². The average molecular weight is 305 g/mol. The zero-order valence-corrected chi connectivity index (χ0v) is 11.8.